The van der Waals surface area contributed by atoms with Crippen LogP contribution in [0, 0.1) is 6.92 Å². The van der Waals surface area contributed by atoms with Crippen LogP contribution in [-0.2, 0) is 4.74 Å². The molecule has 1 unspecified atom stereocenters. The van der Waals surface area contributed by atoms with Crippen molar-refractivity contribution in [1.29, 1.82) is 0 Å². The summed E-state index contributed by atoms with van der Waals surface area (Å²) in [5, 5.41) is 3.35. The fourth-order valence-electron chi connectivity index (χ4n) is 2.47. The Kier molecular flexibility index (Phi) is 4.71. The van der Waals surface area contributed by atoms with Crippen LogP contribution in [0.1, 0.15) is 15.9 Å². The minimum absolute atomic E-state index is 0.225. The van der Waals surface area contributed by atoms with Gasteiger partial charge < -0.3 is 10.1 Å². The third-order valence-corrected chi connectivity index (χ3v) is 4.07. The number of cyclic esters (lactones) is 1. The molecular formula is C18H17ClN2O3. The molecule has 1 aliphatic heterocycles. The summed E-state index contributed by atoms with van der Waals surface area (Å²) >= 11 is 5.80. The average Bonchev–Trinajstić information content (AvgIpc) is 2.95. The van der Waals surface area contributed by atoms with Crippen LogP contribution in [-0.4, -0.2) is 31.2 Å². The van der Waals surface area contributed by atoms with E-state index >= 15 is 0 Å². The molecule has 2 aromatic carbocycles. The van der Waals surface area contributed by atoms with Crippen molar-refractivity contribution in [3.05, 3.63) is 64.7 Å². The molecule has 2 aromatic rings. The van der Waals surface area contributed by atoms with Crippen molar-refractivity contribution in [3.8, 4) is 0 Å². The van der Waals surface area contributed by atoms with Gasteiger partial charge in [-0.15, -0.1) is 0 Å². The number of anilines is 1. The Morgan fingerprint density at radius 1 is 1.21 bits per heavy atom. The topological polar surface area (TPSA) is 58.6 Å². The Bertz CT molecular complexity index is 744. The second-order valence-corrected chi connectivity index (χ2v) is 6.11. The molecule has 1 fully saturated rings. The highest BCUT2D eigenvalue weighted by atomic mass is 35.5. The van der Waals surface area contributed by atoms with E-state index in [1.54, 1.807) is 29.2 Å². The molecule has 3 rings (SSSR count). The van der Waals surface area contributed by atoms with Gasteiger partial charge in [0, 0.05) is 16.3 Å². The van der Waals surface area contributed by atoms with Gasteiger partial charge in [-0.3, -0.25) is 9.69 Å². The number of halogens is 1. The van der Waals surface area contributed by atoms with Gasteiger partial charge in [0.1, 0.15) is 6.10 Å². The zero-order chi connectivity index (χ0) is 17.1. The third kappa shape index (κ3) is 3.68. The third-order valence-electron chi connectivity index (χ3n) is 3.82. The van der Waals surface area contributed by atoms with Gasteiger partial charge in [-0.25, -0.2) is 4.79 Å². The van der Waals surface area contributed by atoms with Crippen LogP contribution >= 0.6 is 11.6 Å². The lowest BCUT2D eigenvalue weighted by Gasteiger charge is -2.13. The number of carbonyl (C=O) groups is 2. The standard InChI is InChI=1S/C18H17ClN2O3/c1-12-2-8-15(9-3-12)21-11-16(24-18(21)23)10-20-17(22)13-4-6-14(19)7-5-13/h2-9,16H,10-11H2,1H3,(H,20,22). The average molecular weight is 345 g/mol. The van der Waals surface area contributed by atoms with Crippen molar-refractivity contribution >= 4 is 29.3 Å². The summed E-state index contributed by atoms with van der Waals surface area (Å²) in [4.78, 5) is 25.6. The Hall–Kier alpha value is -2.53. The quantitative estimate of drug-likeness (QED) is 0.924. The Balaban J connectivity index is 1.57. The molecular weight excluding hydrogens is 328 g/mol. The number of amides is 2. The second-order valence-electron chi connectivity index (χ2n) is 5.67. The zero-order valence-electron chi connectivity index (χ0n) is 13.2. The first kappa shape index (κ1) is 16.3. The van der Waals surface area contributed by atoms with Crippen molar-refractivity contribution in [2.45, 2.75) is 13.0 Å². The molecule has 2 amide bonds. The first-order valence-corrected chi connectivity index (χ1v) is 7.99. The molecule has 1 saturated heterocycles. The van der Waals surface area contributed by atoms with E-state index in [1.165, 1.54) is 0 Å². The molecule has 1 atom stereocenters. The van der Waals surface area contributed by atoms with Gasteiger partial charge in [-0.2, -0.15) is 0 Å². The van der Waals surface area contributed by atoms with Gasteiger partial charge in [-0.05, 0) is 43.3 Å². The number of hydrogen-bond acceptors (Lipinski definition) is 3. The first-order valence-electron chi connectivity index (χ1n) is 7.61. The largest absolute Gasteiger partial charge is 0.442 e. The van der Waals surface area contributed by atoms with E-state index in [0.717, 1.165) is 11.3 Å². The number of nitrogens with zero attached hydrogens (tertiary/aromatic N) is 1. The molecule has 5 nitrogen and oxygen atoms in total. The number of nitrogens with one attached hydrogen (secondary N) is 1. The van der Waals surface area contributed by atoms with Gasteiger partial charge >= 0.3 is 6.09 Å². The Morgan fingerprint density at radius 2 is 1.88 bits per heavy atom. The molecule has 1 heterocycles. The predicted octanol–water partition coefficient (Wildman–Crippen LogP) is 3.40. The fourth-order valence-corrected chi connectivity index (χ4v) is 2.60. The molecule has 0 bridgehead atoms. The SMILES string of the molecule is Cc1ccc(N2CC(CNC(=O)c3ccc(Cl)cc3)OC2=O)cc1. The van der Waals surface area contributed by atoms with Crippen LogP contribution in [0.15, 0.2) is 48.5 Å². The van der Waals surface area contributed by atoms with Gasteiger partial charge in [0.15, 0.2) is 0 Å². The summed E-state index contributed by atoms with van der Waals surface area (Å²) in [5.41, 5.74) is 2.43. The lowest BCUT2D eigenvalue weighted by Crippen LogP contribution is -2.34. The maximum Gasteiger partial charge on any atom is 0.414 e. The van der Waals surface area contributed by atoms with Crippen molar-refractivity contribution in [2.75, 3.05) is 18.0 Å². The number of ether oxygens (including phenoxy) is 1. The van der Waals surface area contributed by atoms with E-state index in [4.69, 9.17) is 16.3 Å². The first-order chi connectivity index (χ1) is 11.5. The summed E-state index contributed by atoms with van der Waals surface area (Å²) in [6.45, 7) is 2.65. The maximum absolute atomic E-state index is 12.1. The second kappa shape index (κ2) is 6.93. The molecule has 0 spiro atoms. The lowest BCUT2D eigenvalue weighted by molar-refractivity contribution is 0.0916. The van der Waals surface area contributed by atoms with E-state index in [-0.39, 0.29) is 18.6 Å². The van der Waals surface area contributed by atoms with Crippen LogP contribution in [0.3, 0.4) is 0 Å². The van der Waals surface area contributed by atoms with Crippen molar-refractivity contribution in [1.82, 2.24) is 5.32 Å². The van der Waals surface area contributed by atoms with Crippen molar-refractivity contribution < 1.29 is 14.3 Å². The van der Waals surface area contributed by atoms with Crippen molar-refractivity contribution in [3.63, 3.8) is 0 Å². The van der Waals surface area contributed by atoms with Crippen molar-refractivity contribution in [2.24, 2.45) is 0 Å². The van der Waals surface area contributed by atoms with Crippen LogP contribution < -0.4 is 10.2 Å². The van der Waals surface area contributed by atoms with Gasteiger partial charge in [0.05, 0.1) is 13.1 Å². The van der Waals surface area contributed by atoms with Gasteiger partial charge in [0.25, 0.3) is 5.91 Å². The minimum atomic E-state index is -0.399. The van der Waals surface area contributed by atoms with Gasteiger partial charge in [0.2, 0.25) is 0 Å². The molecule has 1 N–H and O–H groups in total. The molecule has 0 aliphatic carbocycles. The Labute approximate surface area is 145 Å². The normalized spacial score (nSPS) is 16.8. The van der Waals surface area contributed by atoms with E-state index in [0.29, 0.717) is 17.1 Å². The Morgan fingerprint density at radius 3 is 2.54 bits per heavy atom. The van der Waals surface area contributed by atoms with E-state index in [1.807, 2.05) is 31.2 Å². The molecule has 0 aromatic heterocycles. The number of aryl methyl sites for hydroxylation is 1. The molecule has 1 aliphatic rings. The van der Waals surface area contributed by atoms with E-state index in [2.05, 4.69) is 5.32 Å². The molecule has 0 saturated carbocycles. The zero-order valence-corrected chi connectivity index (χ0v) is 13.9. The molecule has 124 valence electrons. The number of hydrogen-bond donors (Lipinski definition) is 1. The molecule has 6 heteroatoms. The molecule has 24 heavy (non-hydrogen) atoms. The van der Waals surface area contributed by atoms with Crippen LogP contribution in [0.4, 0.5) is 10.5 Å². The highest BCUT2D eigenvalue weighted by molar-refractivity contribution is 6.30. The number of benzene rings is 2. The summed E-state index contributed by atoms with van der Waals surface area (Å²) in [6, 6.07) is 14.3. The molecule has 0 radical (unpaired) electrons. The number of carbonyl (C=O) groups excluding carboxylic acids is 2. The highest BCUT2D eigenvalue weighted by Crippen LogP contribution is 2.21. The summed E-state index contributed by atoms with van der Waals surface area (Å²) in [7, 11) is 0. The highest BCUT2D eigenvalue weighted by Gasteiger charge is 2.32. The number of rotatable bonds is 4. The van der Waals surface area contributed by atoms with E-state index < -0.39 is 6.09 Å². The lowest BCUT2D eigenvalue weighted by atomic mass is 10.2. The smallest absolute Gasteiger partial charge is 0.414 e. The minimum Gasteiger partial charge on any atom is -0.442 e. The summed E-state index contributed by atoms with van der Waals surface area (Å²) < 4.78 is 5.32. The fraction of sp³-hybridized carbons (Fsp3) is 0.222. The summed E-state index contributed by atoms with van der Waals surface area (Å²) in [6.07, 6.45) is -0.778. The van der Waals surface area contributed by atoms with Gasteiger partial charge in [-0.1, -0.05) is 29.3 Å². The van der Waals surface area contributed by atoms with Crippen LogP contribution in [0.5, 0.6) is 0 Å². The van der Waals surface area contributed by atoms with Crippen LogP contribution in [0.25, 0.3) is 0 Å². The predicted molar refractivity (Wildman–Crippen MR) is 92.6 cm³/mol. The van der Waals surface area contributed by atoms with E-state index in [9.17, 15) is 9.59 Å². The monoisotopic (exact) mass is 344 g/mol. The maximum atomic E-state index is 12.1. The summed E-state index contributed by atoms with van der Waals surface area (Å²) in [5.74, 6) is -0.225. The van der Waals surface area contributed by atoms with Crippen LogP contribution in [0.2, 0.25) is 5.02 Å².